The van der Waals surface area contributed by atoms with Gasteiger partial charge >= 0.3 is 0 Å². The third-order valence-electron chi connectivity index (χ3n) is 4.61. The van der Waals surface area contributed by atoms with Gasteiger partial charge < -0.3 is 0 Å². The summed E-state index contributed by atoms with van der Waals surface area (Å²) in [7, 11) is 0. The van der Waals surface area contributed by atoms with Crippen molar-refractivity contribution >= 4 is 45.5 Å². The van der Waals surface area contributed by atoms with Crippen molar-refractivity contribution in [2.75, 3.05) is 5.75 Å². The fourth-order valence-electron chi connectivity index (χ4n) is 3.06. The number of carbonyl (C=O) groups excluding carboxylic acids is 1. The van der Waals surface area contributed by atoms with E-state index in [2.05, 4.69) is 36.7 Å². The van der Waals surface area contributed by atoms with E-state index in [9.17, 15) is 14.9 Å². The van der Waals surface area contributed by atoms with E-state index < -0.39 is 4.92 Å². The number of nitro benzene ring substituents is 1. The van der Waals surface area contributed by atoms with Gasteiger partial charge in [0.05, 0.1) is 22.5 Å². The Morgan fingerprint density at radius 3 is 2.50 bits per heavy atom. The lowest BCUT2D eigenvalue weighted by molar-refractivity contribution is -0.385. The maximum absolute atomic E-state index is 12.3. The molecular formula is C23H17BrN6O3S. The minimum absolute atomic E-state index is 0.0273. The molecule has 4 rings (SSSR count). The molecule has 11 heteroatoms. The molecule has 0 saturated heterocycles. The van der Waals surface area contributed by atoms with Crippen LogP contribution in [-0.4, -0.2) is 37.6 Å². The topological polar surface area (TPSA) is 115 Å². The van der Waals surface area contributed by atoms with Crippen LogP contribution in [0.3, 0.4) is 0 Å². The molecule has 0 spiro atoms. The van der Waals surface area contributed by atoms with Crippen molar-refractivity contribution in [3.8, 4) is 17.1 Å². The Balaban J connectivity index is 1.49. The average Bonchev–Trinajstić information content (AvgIpc) is 3.28. The van der Waals surface area contributed by atoms with Gasteiger partial charge in [-0.15, -0.1) is 10.2 Å². The first-order valence-electron chi connectivity index (χ1n) is 9.98. The van der Waals surface area contributed by atoms with Crippen LogP contribution in [-0.2, 0) is 4.79 Å². The molecule has 0 aliphatic heterocycles. The summed E-state index contributed by atoms with van der Waals surface area (Å²) in [5.74, 6) is 0.295. The van der Waals surface area contributed by atoms with Crippen LogP contribution in [0.2, 0.25) is 0 Å². The summed E-state index contributed by atoms with van der Waals surface area (Å²) in [4.78, 5) is 22.9. The molecular weight excluding hydrogens is 520 g/mol. The maximum atomic E-state index is 12.3. The number of aromatic nitrogens is 3. The fourth-order valence-corrected chi connectivity index (χ4v) is 4.07. The van der Waals surface area contributed by atoms with E-state index in [0.29, 0.717) is 16.5 Å². The number of nitrogens with one attached hydrogen (secondary N) is 1. The van der Waals surface area contributed by atoms with Crippen molar-refractivity contribution in [2.24, 2.45) is 5.10 Å². The van der Waals surface area contributed by atoms with E-state index in [-0.39, 0.29) is 17.3 Å². The number of hydrogen-bond acceptors (Lipinski definition) is 7. The molecule has 0 aliphatic rings. The smallest absolute Gasteiger partial charge is 0.272 e. The fraction of sp³-hybridized carbons (Fsp3) is 0.0435. The summed E-state index contributed by atoms with van der Waals surface area (Å²) in [5.41, 5.74) is 4.34. The van der Waals surface area contributed by atoms with Gasteiger partial charge in [-0.05, 0) is 30.3 Å². The zero-order chi connectivity index (χ0) is 23.9. The van der Waals surface area contributed by atoms with Crippen molar-refractivity contribution in [2.45, 2.75) is 5.16 Å². The number of benzene rings is 3. The van der Waals surface area contributed by atoms with Crippen LogP contribution in [0.4, 0.5) is 5.69 Å². The Hall–Kier alpha value is -3.83. The molecule has 0 aliphatic carbocycles. The highest BCUT2D eigenvalue weighted by atomic mass is 79.9. The van der Waals surface area contributed by atoms with Gasteiger partial charge in [0.2, 0.25) is 0 Å². The van der Waals surface area contributed by atoms with E-state index in [1.54, 1.807) is 18.2 Å². The third-order valence-corrected chi connectivity index (χ3v) is 6.07. The van der Waals surface area contributed by atoms with Crippen LogP contribution < -0.4 is 5.43 Å². The number of nitrogens with zero attached hydrogens (tertiary/aromatic N) is 5. The van der Waals surface area contributed by atoms with Gasteiger partial charge in [0, 0.05) is 21.8 Å². The van der Waals surface area contributed by atoms with Crippen molar-refractivity contribution in [3.63, 3.8) is 0 Å². The lowest BCUT2D eigenvalue weighted by Crippen LogP contribution is -2.20. The predicted octanol–water partition coefficient (Wildman–Crippen LogP) is 4.85. The average molecular weight is 537 g/mol. The molecule has 1 heterocycles. The largest absolute Gasteiger partial charge is 0.278 e. The second kappa shape index (κ2) is 10.9. The van der Waals surface area contributed by atoms with Crippen LogP contribution >= 0.6 is 27.7 Å². The number of carbonyl (C=O) groups is 1. The standard InChI is InChI=1S/C23H17BrN6O3S/c24-18-12-10-16(11-13-18)22-27-28-23(29(22)19-7-2-1-3-8-19)34-15-21(31)26-25-14-17-6-4-5-9-20(17)30(32)33/h1-14H,15H2,(H,26,31). The summed E-state index contributed by atoms with van der Waals surface area (Å²) in [6.07, 6.45) is 1.25. The van der Waals surface area contributed by atoms with E-state index in [1.165, 1.54) is 24.0 Å². The van der Waals surface area contributed by atoms with E-state index in [0.717, 1.165) is 15.7 Å². The van der Waals surface area contributed by atoms with Crippen LogP contribution in [0.1, 0.15) is 5.56 Å². The Morgan fingerprint density at radius 1 is 1.06 bits per heavy atom. The van der Waals surface area contributed by atoms with Gasteiger partial charge in [-0.1, -0.05) is 70.2 Å². The minimum atomic E-state index is -0.502. The second-order valence-electron chi connectivity index (χ2n) is 6.88. The molecule has 9 nitrogen and oxygen atoms in total. The molecule has 1 aromatic heterocycles. The first kappa shape index (κ1) is 23.3. The van der Waals surface area contributed by atoms with Gasteiger partial charge in [-0.3, -0.25) is 19.5 Å². The molecule has 0 bridgehead atoms. The third kappa shape index (κ3) is 5.56. The molecule has 0 unspecified atom stereocenters. The number of thioether (sulfide) groups is 1. The molecule has 0 saturated carbocycles. The lowest BCUT2D eigenvalue weighted by Gasteiger charge is -2.10. The SMILES string of the molecule is O=C(CSc1nnc(-c2ccc(Br)cc2)n1-c1ccccc1)NN=Cc1ccccc1[N+](=O)[O-]. The first-order valence-corrected chi connectivity index (χ1v) is 11.8. The van der Waals surface area contributed by atoms with Gasteiger partial charge in [-0.2, -0.15) is 5.10 Å². The van der Waals surface area contributed by atoms with Crippen LogP contribution in [0, 0.1) is 10.1 Å². The Kier molecular flexibility index (Phi) is 7.45. The minimum Gasteiger partial charge on any atom is -0.272 e. The lowest BCUT2D eigenvalue weighted by atomic mass is 10.2. The van der Waals surface area contributed by atoms with Crippen LogP contribution in [0.25, 0.3) is 17.1 Å². The monoisotopic (exact) mass is 536 g/mol. The highest BCUT2D eigenvalue weighted by molar-refractivity contribution is 9.10. The number of hydrazone groups is 1. The zero-order valence-corrected chi connectivity index (χ0v) is 19.9. The van der Waals surface area contributed by atoms with Crippen molar-refractivity contribution in [1.29, 1.82) is 0 Å². The van der Waals surface area contributed by atoms with Crippen molar-refractivity contribution in [3.05, 3.63) is 99.0 Å². The summed E-state index contributed by atoms with van der Waals surface area (Å²) in [6, 6.07) is 23.5. The quantitative estimate of drug-likeness (QED) is 0.149. The molecule has 1 amide bonds. The second-order valence-corrected chi connectivity index (χ2v) is 8.74. The zero-order valence-electron chi connectivity index (χ0n) is 17.5. The molecule has 1 N–H and O–H groups in total. The number of para-hydroxylation sites is 2. The van der Waals surface area contributed by atoms with Crippen molar-refractivity contribution in [1.82, 2.24) is 20.2 Å². The van der Waals surface area contributed by atoms with Crippen molar-refractivity contribution < 1.29 is 9.72 Å². The summed E-state index contributed by atoms with van der Waals surface area (Å²) < 4.78 is 2.84. The molecule has 170 valence electrons. The molecule has 3 aromatic carbocycles. The maximum Gasteiger partial charge on any atom is 0.278 e. The summed E-state index contributed by atoms with van der Waals surface area (Å²) in [6.45, 7) is 0. The van der Waals surface area contributed by atoms with E-state index in [4.69, 9.17) is 0 Å². The van der Waals surface area contributed by atoms with Gasteiger partial charge in [0.15, 0.2) is 11.0 Å². The highest BCUT2D eigenvalue weighted by Gasteiger charge is 2.17. The van der Waals surface area contributed by atoms with Crippen LogP contribution in [0.15, 0.2) is 93.6 Å². The molecule has 0 radical (unpaired) electrons. The first-order chi connectivity index (χ1) is 16.5. The van der Waals surface area contributed by atoms with Gasteiger partial charge in [-0.25, -0.2) is 5.43 Å². The van der Waals surface area contributed by atoms with Gasteiger partial charge in [0.1, 0.15) is 0 Å². The molecule has 34 heavy (non-hydrogen) atoms. The predicted molar refractivity (Wildman–Crippen MR) is 134 cm³/mol. The molecule has 0 fully saturated rings. The Morgan fingerprint density at radius 2 is 1.76 bits per heavy atom. The summed E-state index contributed by atoms with van der Waals surface area (Å²) >= 11 is 4.65. The number of halogens is 1. The number of nitro groups is 1. The van der Waals surface area contributed by atoms with E-state index >= 15 is 0 Å². The Labute approximate surface area is 207 Å². The van der Waals surface area contributed by atoms with E-state index in [1.807, 2.05) is 59.2 Å². The molecule has 4 aromatic rings. The molecule has 0 atom stereocenters. The normalized spacial score (nSPS) is 11.0. The number of rotatable bonds is 8. The van der Waals surface area contributed by atoms with Gasteiger partial charge in [0.25, 0.3) is 11.6 Å². The number of amides is 1. The Bertz CT molecular complexity index is 1340. The van der Waals surface area contributed by atoms with Crippen LogP contribution in [0.5, 0.6) is 0 Å². The highest BCUT2D eigenvalue weighted by Crippen LogP contribution is 2.28. The summed E-state index contributed by atoms with van der Waals surface area (Å²) in [5, 5.41) is 24.1. The number of hydrogen-bond donors (Lipinski definition) is 1.